The summed E-state index contributed by atoms with van der Waals surface area (Å²) < 4.78 is 0. The van der Waals surface area contributed by atoms with Crippen LogP contribution >= 0.6 is 0 Å². The maximum Gasteiger partial charge on any atom is 0.303 e. The summed E-state index contributed by atoms with van der Waals surface area (Å²) in [6.07, 6.45) is 2.29. The molecule has 0 bridgehead atoms. The van der Waals surface area contributed by atoms with Gasteiger partial charge in [-0.25, -0.2) is 5.01 Å². The van der Waals surface area contributed by atoms with Gasteiger partial charge in [0, 0.05) is 39.4 Å². The largest absolute Gasteiger partial charge is 0.481 e. The SMILES string of the molecule is CN1N=C(C(=O)N2CCC(CC(=O)O)CC2)CCC1=O. The fourth-order valence-electron chi connectivity index (χ4n) is 2.59. The molecule has 2 heterocycles. The molecule has 1 fully saturated rings. The van der Waals surface area contributed by atoms with Crippen molar-refractivity contribution in [2.45, 2.75) is 32.1 Å². The minimum absolute atomic E-state index is 0.0817. The molecule has 1 saturated heterocycles. The van der Waals surface area contributed by atoms with Gasteiger partial charge in [-0.1, -0.05) is 0 Å². The van der Waals surface area contributed by atoms with Gasteiger partial charge >= 0.3 is 5.97 Å². The number of nitrogens with zero attached hydrogens (tertiary/aromatic N) is 3. The van der Waals surface area contributed by atoms with Crippen LogP contribution in [0.3, 0.4) is 0 Å². The number of hydrogen-bond acceptors (Lipinski definition) is 4. The molecule has 0 saturated carbocycles. The average molecular weight is 281 g/mol. The highest BCUT2D eigenvalue weighted by Gasteiger charge is 2.29. The van der Waals surface area contributed by atoms with E-state index in [-0.39, 0.29) is 24.2 Å². The van der Waals surface area contributed by atoms with Crippen LogP contribution < -0.4 is 0 Å². The van der Waals surface area contributed by atoms with Crippen molar-refractivity contribution < 1.29 is 19.5 Å². The highest BCUT2D eigenvalue weighted by Crippen LogP contribution is 2.21. The zero-order valence-corrected chi connectivity index (χ0v) is 11.5. The standard InChI is InChI=1S/C13H19N3O4/c1-15-11(17)3-2-10(14-15)13(20)16-6-4-9(5-7-16)8-12(18)19/h9H,2-8H2,1H3,(H,18,19). The molecule has 0 spiro atoms. The number of amides is 2. The molecule has 0 unspecified atom stereocenters. The Kier molecular flexibility index (Phi) is 4.36. The van der Waals surface area contributed by atoms with Crippen molar-refractivity contribution in [1.82, 2.24) is 9.91 Å². The first-order chi connectivity index (χ1) is 9.47. The monoisotopic (exact) mass is 281 g/mol. The molecule has 0 aromatic rings. The van der Waals surface area contributed by atoms with Crippen molar-refractivity contribution in [3.05, 3.63) is 0 Å². The molecule has 1 N–H and O–H groups in total. The highest BCUT2D eigenvalue weighted by molar-refractivity contribution is 6.39. The van der Waals surface area contributed by atoms with E-state index >= 15 is 0 Å². The van der Waals surface area contributed by atoms with Gasteiger partial charge in [0.1, 0.15) is 5.71 Å². The molecule has 0 aromatic carbocycles. The molecular formula is C13H19N3O4. The van der Waals surface area contributed by atoms with E-state index in [4.69, 9.17) is 5.11 Å². The van der Waals surface area contributed by atoms with Crippen molar-refractivity contribution in [3.63, 3.8) is 0 Å². The predicted molar refractivity (Wildman–Crippen MR) is 71.0 cm³/mol. The normalized spacial score (nSPS) is 20.9. The molecule has 2 rings (SSSR count). The molecule has 2 aliphatic heterocycles. The molecule has 2 amide bonds. The Bertz CT molecular complexity index is 453. The summed E-state index contributed by atoms with van der Waals surface area (Å²) in [5.41, 5.74) is 0.420. The number of piperidine rings is 1. The van der Waals surface area contributed by atoms with Crippen LogP contribution in [0.15, 0.2) is 5.10 Å². The van der Waals surface area contributed by atoms with E-state index in [2.05, 4.69) is 5.10 Å². The lowest BCUT2D eigenvalue weighted by Crippen LogP contribution is -2.44. The third-order valence-corrected chi connectivity index (χ3v) is 3.82. The summed E-state index contributed by atoms with van der Waals surface area (Å²) in [4.78, 5) is 36.0. The van der Waals surface area contributed by atoms with Crippen LogP contribution in [-0.4, -0.2) is 58.6 Å². The fourth-order valence-corrected chi connectivity index (χ4v) is 2.59. The lowest BCUT2D eigenvalue weighted by Gasteiger charge is -2.32. The molecule has 0 radical (unpaired) electrons. The van der Waals surface area contributed by atoms with Gasteiger partial charge in [-0.3, -0.25) is 14.4 Å². The van der Waals surface area contributed by atoms with Crippen molar-refractivity contribution in [2.75, 3.05) is 20.1 Å². The molecule has 7 heteroatoms. The Balaban J connectivity index is 1.90. The second-order valence-corrected chi connectivity index (χ2v) is 5.30. The molecule has 0 aliphatic carbocycles. The second-order valence-electron chi connectivity index (χ2n) is 5.30. The van der Waals surface area contributed by atoms with Crippen LogP contribution in [0.4, 0.5) is 0 Å². The Morgan fingerprint density at radius 3 is 2.50 bits per heavy atom. The van der Waals surface area contributed by atoms with E-state index in [0.717, 1.165) is 0 Å². The topological polar surface area (TPSA) is 90.3 Å². The summed E-state index contributed by atoms with van der Waals surface area (Å²) in [7, 11) is 1.55. The molecule has 0 atom stereocenters. The number of aliphatic carboxylic acids is 1. The van der Waals surface area contributed by atoms with Crippen LogP contribution in [0.5, 0.6) is 0 Å². The van der Waals surface area contributed by atoms with Crippen molar-refractivity contribution in [2.24, 2.45) is 11.0 Å². The summed E-state index contributed by atoms with van der Waals surface area (Å²) in [6, 6.07) is 0. The number of carbonyl (C=O) groups excluding carboxylic acids is 2. The summed E-state index contributed by atoms with van der Waals surface area (Å²) >= 11 is 0. The third kappa shape index (κ3) is 3.34. The van der Waals surface area contributed by atoms with Crippen LogP contribution in [0.25, 0.3) is 0 Å². The zero-order valence-electron chi connectivity index (χ0n) is 11.5. The van der Waals surface area contributed by atoms with Crippen molar-refractivity contribution in [3.8, 4) is 0 Å². The predicted octanol–water partition coefficient (Wildman–Crippen LogP) is 0.308. The Labute approximate surface area is 117 Å². The first-order valence-electron chi connectivity index (χ1n) is 6.82. The minimum atomic E-state index is -0.786. The minimum Gasteiger partial charge on any atom is -0.481 e. The number of likely N-dealkylation sites (tertiary alicyclic amines) is 1. The molecule has 7 nitrogen and oxygen atoms in total. The summed E-state index contributed by atoms with van der Waals surface area (Å²) in [6.45, 7) is 1.13. The van der Waals surface area contributed by atoms with E-state index < -0.39 is 5.97 Å². The van der Waals surface area contributed by atoms with E-state index in [1.807, 2.05) is 0 Å². The van der Waals surface area contributed by atoms with Gasteiger partial charge in [-0.05, 0) is 18.8 Å². The summed E-state index contributed by atoms with van der Waals surface area (Å²) in [5, 5.41) is 14.0. The lowest BCUT2D eigenvalue weighted by molar-refractivity contribution is -0.138. The molecular weight excluding hydrogens is 262 g/mol. The van der Waals surface area contributed by atoms with Gasteiger partial charge in [-0.2, -0.15) is 5.10 Å². The van der Waals surface area contributed by atoms with E-state index in [0.29, 0.717) is 44.5 Å². The quantitative estimate of drug-likeness (QED) is 0.806. The number of carboxylic acids is 1. The van der Waals surface area contributed by atoms with Crippen molar-refractivity contribution >= 4 is 23.5 Å². The summed E-state index contributed by atoms with van der Waals surface area (Å²) in [5.74, 6) is -0.847. The maximum absolute atomic E-state index is 12.3. The van der Waals surface area contributed by atoms with Crippen LogP contribution in [0.2, 0.25) is 0 Å². The van der Waals surface area contributed by atoms with Gasteiger partial charge in [-0.15, -0.1) is 0 Å². The number of carboxylic acid groups (broad SMARTS) is 1. The Hall–Kier alpha value is -1.92. The maximum atomic E-state index is 12.3. The molecule has 2 aliphatic rings. The van der Waals surface area contributed by atoms with E-state index in [1.165, 1.54) is 5.01 Å². The smallest absolute Gasteiger partial charge is 0.303 e. The number of hydrogen-bond donors (Lipinski definition) is 1. The third-order valence-electron chi connectivity index (χ3n) is 3.82. The number of hydrazone groups is 1. The van der Waals surface area contributed by atoms with E-state index in [9.17, 15) is 14.4 Å². The molecule has 110 valence electrons. The van der Waals surface area contributed by atoms with E-state index in [1.54, 1.807) is 11.9 Å². The molecule has 20 heavy (non-hydrogen) atoms. The molecule has 0 aromatic heterocycles. The van der Waals surface area contributed by atoms with Gasteiger partial charge in [0.25, 0.3) is 5.91 Å². The first kappa shape index (κ1) is 14.5. The van der Waals surface area contributed by atoms with Crippen LogP contribution in [-0.2, 0) is 14.4 Å². The zero-order chi connectivity index (χ0) is 14.7. The van der Waals surface area contributed by atoms with Crippen LogP contribution in [0, 0.1) is 5.92 Å². The van der Waals surface area contributed by atoms with Gasteiger partial charge < -0.3 is 10.0 Å². The Morgan fingerprint density at radius 2 is 1.95 bits per heavy atom. The highest BCUT2D eigenvalue weighted by atomic mass is 16.4. The lowest BCUT2D eigenvalue weighted by atomic mass is 9.93. The fraction of sp³-hybridized carbons (Fsp3) is 0.692. The first-order valence-corrected chi connectivity index (χ1v) is 6.82. The van der Waals surface area contributed by atoms with Gasteiger partial charge in [0.15, 0.2) is 0 Å². The number of carbonyl (C=O) groups is 3. The van der Waals surface area contributed by atoms with Crippen molar-refractivity contribution in [1.29, 1.82) is 0 Å². The van der Waals surface area contributed by atoms with Gasteiger partial charge in [0.2, 0.25) is 5.91 Å². The van der Waals surface area contributed by atoms with Crippen LogP contribution in [0.1, 0.15) is 32.1 Å². The number of rotatable bonds is 3. The Morgan fingerprint density at radius 1 is 1.30 bits per heavy atom. The average Bonchev–Trinajstić information content (AvgIpc) is 2.41. The van der Waals surface area contributed by atoms with Gasteiger partial charge in [0.05, 0.1) is 0 Å². The second kappa shape index (κ2) is 6.02.